The van der Waals surface area contributed by atoms with Crippen LogP contribution in [0.4, 0.5) is 0 Å². The Morgan fingerprint density at radius 3 is 2.31 bits per heavy atom. The quantitative estimate of drug-likeness (QED) is 0.432. The van der Waals surface area contributed by atoms with Gasteiger partial charge in [-0.1, -0.05) is 0 Å². The molecule has 0 radical (unpaired) electrons. The van der Waals surface area contributed by atoms with Gasteiger partial charge in [0.2, 0.25) is 0 Å². The summed E-state index contributed by atoms with van der Waals surface area (Å²) in [5.41, 5.74) is 0. The largest absolute Gasteiger partial charge is 0.452 e. The second-order valence-electron chi connectivity index (χ2n) is 2.49. The minimum Gasteiger partial charge on any atom is -0.361 e. The Balaban J connectivity index is 4.55. The molecule has 78 valence electrons. The van der Waals surface area contributed by atoms with Crippen LogP contribution in [-0.2, 0) is 9.09 Å². The molecule has 0 spiro atoms. The third kappa shape index (κ3) is 4.41. The zero-order chi connectivity index (χ0) is 10.5. The van der Waals surface area contributed by atoms with E-state index in [9.17, 15) is 4.57 Å². The highest BCUT2D eigenvalue weighted by Crippen LogP contribution is 2.42. The average Bonchev–Trinajstić information content (AvgIpc) is 2.06. The van der Waals surface area contributed by atoms with Crippen LogP contribution in [0.2, 0.25) is 0 Å². The van der Waals surface area contributed by atoms with E-state index in [1.54, 1.807) is 6.92 Å². The summed E-state index contributed by atoms with van der Waals surface area (Å²) in [4.78, 5) is 10.9. The second-order valence-corrected chi connectivity index (χ2v) is 4.04. The highest BCUT2D eigenvalue weighted by molar-refractivity contribution is 7.51. The van der Waals surface area contributed by atoms with Gasteiger partial charge in [0.05, 0.1) is 0 Å². The molecule has 0 aliphatic heterocycles. The minimum atomic E-state index is -3.76. The Labute approximate surface area is 79.0 Å². The van der Waals surface area contributed by atoms with Crippen LogP contribution in [0.25, 0.3) is 0 Å². The van der Waals surface area contributed by atoms with Crippen LogP contribution in [0.1, 0.15) is 20.8 Å². The molecular formula is C7H17N2O3P. The standard InChI is InChI=1S/C7H17N2O3P/c1-5-9(6-2)7(3)8-13(10,11)12-4/h5-6H2,1-4H3,(H,10,11). The maximum absolute atomic E-state index is 11.0. The van der Waals surface area contributed by atoms with Crippen molar-refractivity contribution in [3.8, 4) is 0 Å². The first kappa shape index (κ1) is 12.6. The number of rotatable bonds is 4. The lowest BCUT2D eigenvalue weighted by Crippen LogP contribution is -2.28. The Kier molecular flexibility index (Phi) is 5.21. The highest BCUT2D eigenvalue weighted by Gasteiger charge is 2.16. The van der Waals surface area contributed by atoms with Crippen molar-refractivity contribution in [1.82, 2.24) is 4.90 Å². The lowest BCUT2D eigenvalue weighted by Gasteiger charge is -2.20. The van der Waals surface area contributed by atoms with Crippen molar-refractivity contribution in [2.45, 2.75) is 20.8 Å². The van der Waals surface area contributed by atoms with Gasteiger partial charge >= 0.3 is 7.75 Å². The van der Waals surface area contributed by atoms with E-state index < -0.39 is 7.75 Å². The first-order valence-corrected chi connectivity index (χ1v) is 5.70. The molecule has 0 aliphatic rings. The van der Waals surface area contributed by atoms with Crippen molar-refractivity contribution < 1.29 is 14.0 Å². The van der Waals surface area contributed by atoms with Crippen molar-refractivity contribution in [3.63, 3.8) is 0 Å². The summed E-state index contributed by atoms with van der Waals surface area (Å²) in [6.45, 7) is 7.12. The molecule has 0 bridgehead atoms. The van der Waals surface area contributed by atoms with Crippen LogP contribution >= 0.6 is 7.75 Å². The van der Waals surface area contributed by atoms with Crippen molar-refractivity contribution in [1.29, 1.82) is 0 Å². The van der Waals surface area contributed by atoms with E-state index >= 15 is 0 Å². The van der Waals surface area contributed by atoms with E-state index in [2.05, 4.69) is 9.29 Å². The van der Waals surface area contributed by atoms with Crippen molar-refractivity contribution >= 4 is 13.6 Å². The van der Waals surface area contributed by atoms with Gasteiger partial charge in [-0.05, 0) is 20.8 Å². The van der Waals surface area contributed by atoms with Crippen LogP contribution in [0, 0.1) is 0 Å². The van der Waals surface area contributed by atoms with E-state index in [1.165, 1.54) is 7.11 Å². The van der Waals surface area contributed by atoms with Gasteiger partial charge in [0.15, 0.2) is 0 Å². The molecule has 1 atom stereocenters. The van der Waals surface area contributed by atoms with Crippen LogP contribution in [-0.4, -0.2) is 35.8 Å². The molecule has 0 aromatic heterocycles. The van der Waals surface area contributed by atoms with Gasteiger partial charge in [0.1, 0.15) is 5.84 Å². The van der Waals surface area contributed by atoms with Crippen molar-refractivity contribution in [3.05, 3.63) is 0 Å². The number of amidine groups is 1. The molecule has 1 N–H and O–H groups in total. The van der Waals surface area contributed by atoms with Crippen LogP contribution < -0.4 is 0 Å². The molecule has 0 aromatic carbocycles. The first-order chi connectivity index (χ1) is 5.96. The molecule has 0 aliphatic carbocycles. The highest BCUT2D eigenvalue weighted by atomic mass is 31.2. The number of hydrogen-bond acceptors (Lipinski definition) is 2. The summed E-state index contributed by atoms with van der Waals surface area (Å²) < 4.78 is 19.0. The molecule has 0 amide bonds. The Hall–Kier alpha value is -0.380. The Bertz CT molecular complexity index is 226. The fourth-order valence-electron chi connectivity index (χ4n) is 0.968. The van der Waals surface area contributed by atoms with Gasteiger partial charge in [0, 0.05) is 20.2 Å². The normalized spacial score (nSPS) is 16.8. The van der Waals surface area contributed by atoms with Gasteiger partial charge in [-0.15, -0.1) is 0 Å². The molecule has 0 aromatic rings. The van der Waals surface area contributed by atoms with Gasteiger partial charge in [-0.25, -0.2) is 4.57 Å². The minimum absolute atomic E-state index is 0.526. The molecule has 5 nitrogen and oxygen atoms in total. The van der Waals surface area contributed by atoms with Crippen LogP contribution in [0.3, 0.4) is 0 Å². The third-order valence-corrected chi connectivity index (χ3v) is 2.75. The summed E-state index contributed by atoms with van der Waals surface area (Å²) in [6, 6.07) is 0. The SMILES string of the molecule is CCN(CC)C(C)=NP(=O)(O)OC. The van der Waals surface area contributed by atoms with Crippen molar-refractivity contribution in [2.24, 2.45) is 4.76 Å². The zero-order valence-corrected chi connectivity index (χ0v) is 9.41. The molecule has 0 heterocycles. The van der Waals surface area contributed by atoms with Gasteiger partial charge in [0.25, 0.3) is 0 Å². The lowest BCUT2D eigenvalue weighted by molar-refractivity contribution is 0.316. The molecule has 6 heteroatoms. The van der Waals surface area contributed by atoms with Crippen LogP contribution in [0.15, 0.2) is 4.76 Å². The molecule has 0 saturated heterocycles. The molecular weight excluding hydrogens is 191 g/mol. The molecule has 0 fully saturated rings. The molecule has 1 unspecified atom stereocenters. The predicted molar refractivity (Wildman–Crippen MR) is 52.9 cm³/mol. The summed E-state index contributed by atoms with van der Waals surface area (Å²) in [6.07, 6.45) is 0. The van der Waals surface area contributed by atoms with Gasteiger partial charge < -0.3 is 9.79 Å². The summed E-state index contributed by atoms with van der Waals surface area (Å²) in [5.74, 6) is 0.526. The topological polar surface area (TPSA) is 62.1 Å². The summed E-state index contributed by atoms with van der Waals surface area (Å²) in [5, 5.41) is 0. The zero-order valence-electron chi connectivity index (χ0n) is 8.52. The summed E-state index contributed by atoms with van der Waals surface area (Å²) >= 11 is 0. The van der Waals surface area contributed by atoms with Gasteiger partial charge in [-0.2, -0.15) is 4.76 Å². The van der Waals surface area contributed by atoms with E-state index in [0.717, 1.165) is 13.1 Å². The molecule has 0 rings (SSSR count). The molecule has 0 saturated carbocycles. The van der Waals surface area contributed by atoms with E-state index in [0.29, 0.717) is 5.84 Å². The Morgan fingerprint density at radius 1 is 1.54 bits per heavy atom. The smallest absolute Gasteiger partial charge is 0.361 e. The fraction of sp³-hybridized carbons (Fsp3) is 0.857. The van der Waals surface area contributed by atoms with E-state index in [1.807, 2.05) is 18.7 Å². The maximum atomic E-state index is 11.0. The first-order valence-electron chi connectivity index (χ1n) is 4.17. The predicted octanol–water partition coefficient (Wildman–Crippen LogP) is 1.49. The average molecular weight is 208 g/mol. The summed E-state index contributed by atoms with van der Waals surface area (Å²) in [7, 11) is -2.60. The monoisotopic (exact) mass is 208 g/mol. The van der Waals surface area contributed by atoms with E-state index in [-0.39, 0.29) is 0 Å². The maximum Gasteiger partial charge on any atom is 0.452 e. The lowest BCUT2D eigenvalue weighted by atomic mass is 10.5. The van der Waals surface area contributed by atoms with Crippen molar-refractivity contribution in [2.75, 3.05) is 20.2 Å². The number of nitrogens with zero attached hydrogens (tertiary/aromatic N) is 2. The number of hydrogen-bond donors (Lipinski definition) is 1. The van der Waals surface area contributed by atoms with E-state index in [4.69, 9.17) is 4.89 Å². The molecule has 13 heavy (non-hydrogen) atoms. The Morgan fingerprint density at radius 2 is 2.00 bits per heavy atom. The second kappa shape index (κ2) is 5.37. The van der Waals surface area contributed by atoms with Crippen LogP contribution in [0.5, 0.6) is 0 Å². The fourth-order valence-corrected chi connectivity index (χ4v) is 1.54. The third-order valence-electron chi connectivity index (χ3n) is 1.73. The van der Waals surface area contributed by atoms with Gasteiger partial charge in [-0.3, -0.25) is 4.52 Å².